The van der Waals surface area contributed by atoms with Gasteiger partial charge < -0.3 is 29.0 Å². The highest BCUT2D eigenvalue weighted by molar-refractivity contribution is 8.00. The zero-order valence-corrected chi connectivity index (χ0v) is 28.6. The summed E-state index contributed by atoms with van der Waals surface area (Å²) in [5, 5.41) is 4.85. The van der Waals surface area contributed by atoms with E-state index in [0.717, 1.165) is 18.2 Å². The third-order valence-corrected chi connectivity index (χ3v) is 9.76. The van der Waals surface area contributed by atoms with Crippen molar-refractivity contribution in [3.63, 3.8) is 0 Å². The normalized spacial score (nSPS) is 29.2. The monoisotopic (exact) mass is 654 g/mol. The first kappa shape index (κ1) is 37.0. The van der Waals surface area contributed by atoms with Gasteiger partial charge in [0, 0.05) is 31.1 Å². The SMILES string of the molecule is COC(=O)[C@@H](CSCC(=O)NC(=O)O[C@@H]1CC[C@]2(CO2)[C@@H]([C@@]2(C)O[C@@H]2CC=C(C)C)[C@@H]1OC)NC(=O)CCCC(=O)C(C)(C)C. The number of thioether (sulfide) groups is 1. The van der Waals surface area contributed by atoms with Crippen LogP contribution >= 0.6 is 11.8 Å². The van der Waals surface area contributed by atoms with Gasteiger partial charge in [-0.3, -0.25) is 19.7 Å². The number of nitrogens with one attached hydrogen (secondary N) is 2. The highest BCUT2D eigenvalue weighted by atomic mass is 32.2. The van der Waals surface area contributed by atoms with Crippen LogP contribution in [0.3, 0.4) is 0 Å². The van der Waals surface area contributed by atoms with Gasteiger partial charge in [-0.2, -0.15) is 0 Å². The molecule has 3 rings (SSSR count). The van der Waals surface area contributed by atoms with Crippen LogP contribution in [-0.2, 0) is 42.9 Å². The van der Waals surface area contributed by atoms with Crippen molar-refractivity contribution in [3.05, 3.63) is 11.6 Å². The molecule has 254 valence electrons. The molecule has 2 heterocycles. The number of carbonyl (C=O) groups excluding carboxylic acids is 5. The predicted octanol–water partition coefficient (Wildman–Crippen LogP) is 3.49. The molecule has 13 heteroatoms. The van der Waals surface area contributed by atoms with Gasteiger partial charge in [0.25, 0.3) is 0 Å². The third-order valence-electron chi connectivity index (χ3n) is 8.72. The van der Waals surface area contributed by atoms with Crippen molar-refractivity contribution in [2.45, 2.75) is 116 Å². The second kappa shape index (κ2) is 15.4. The minimum Gasteiger partial charge on any atom is -0.467 e. The Morgan fingerprint density at radius 2 is 1.78 bits per heavy atom. The molecule has 0 unspecified atom stereocenters. The molecule has 0 aromatic heterocycles. The van der Waals surface area contributed by atoms with E-state index in [0.29, 0.717) is 25.9 Å². The van der Waals surface area contributed by atoms with Gasteiger partial charge in [-0.1, -0.05) is 32.4 Å². The van der Waals surface area contributed by atoms with E-state index in [2.05, 4.69) is 23.6 Å². The zero-order valence-electron chi connectivity index (χ0n) is 27.8. The Hall–Kier alpha value is -2.48. The standard InChI is InChI=1S/C32H50N2O10S/c1-19(2)12-13-23-31(6,44-23)27-26(40-7)21(14-15-32(27)18-42-32)43-29(39)34-25(37)17-45-16-20(28(38)41-8)33-24(36)11-9-10-22(35)30(3,4)5/h12,20-21,23,26-27H,9-11,13-18H2,1-8H3,(H,33,36)(H,34,37,39)/t20-,21-,23-,26-,27-,31+,32+/m1/s1. The molecule has 3 aliphatic rings. The Bertz CT molecular complexity index is 1140. The number of alkyl carbamates (subject to hydrolysis) is 1. The van der Waals surface area contributed by atoms with Crippen LogP contribution in [0.5, 0.6) is 0 Å². The van der Waals surface area contributed by atoms with Crippen LogP contribution in [0.4, 0.5) is 4.79 Å². The number of imide groups is 1. The van der Waals surface area contributed by atoms with E-state index in [9.17, 15) is 24.0 Å². The lowest BCUT2D eigenvalue weighted by molar-refractivity contribution is -0.144. The van der Waals surface area contributed by atoms with Crippen LogP contribution in [0.15, 0.2) is 11.6 Å². The number of methoxy groups -OCH3 is 2. The summed E-state index contributed by atoms with van der Waals surface area (Å²) in [6.07, 6.45) is 2.86. The first-order valence-corrected chi connectivity index (χ1v) is 16.7. The van der Waals surface area contributed by atoms with Gasteiger partial charge in [0.1, 0.15) is 35.2 Å². The van der Waals surface area contributed by atoms with Crippen molar-refractivity contribution in [3.8, 4) is 0 Å². The number of hydrogen-bond donors (Lipinski definition) is 2. The molecule has 2 saturated heterocycles. The number of ketones is 1. The largest absolute Gasteiger partial charge is 0.467 e. The lowest BCUT2D eigenvalue weighted by atomic mass is 9.68. The summed E-state index contributed by atoms with van der Waals surface area (Å²) in [4.78, 5) is 62.0. The van der Waals surface area contributed by atoms with E-state index >= 15 is 0 Å². The topological polar surface area (TPSA) is 162 Å². The fraction of sp³-hybridized carbons (Fsp3) is 0.781. The Labute approximate surface area is 270 Å². The molecule has 2 N–H and O–H groups in total. The molecular formula is C32H50N2O10S. The van der Waals surface area contributed by atoms with Crippen LogP contribution < -0.4 is 10.6 Å². The van der Waals surface area contributed by atoms with Crippen LogP contribution in [0.25, 0.3) is 0 Å². The van der Waals surface area contributed by atoms with Gasteiger partial charge in [0.05, 0.1) is 31.5 Å². The number of Topliss-reactive ketones (excluding diaryl/α,β-unsaturated/α-hetero) is 1. The smallest absolute Gasteiger partial charge is 0.414 e. The molecule has 3 amide bonds. The lowest BCUT2D eigenvalue weighted by Gasteiger charge is -2.42. The van der Waals surface area contributed by atoms with Crippen LogP contribution in [-0.4, -0.2) is 97.5 Å². The Balaban J connectivity index is 1.47. The van der Waals surface area contributed by atoms with Crippen LogP contribution in [0.1, 0.15) is 80.1 Å². The second-order valence-corrected chi connectivity index (χ2v) is 14.6. The van der Waals surface area contributed by atoms with E-state index < -0.39 is 53.1 Å². The van der Waals surface area contributed by atoms with E-state index in [1.54, 1.807) is 7.11 Å². The molecule has 0 bridgehead atoms. The Morgan fingerprint density at radius 1 is 1.09 bits per heavy atom. The Morgan fingerprint density at radius 3 is 2.36 bits per heavy atom. The zero-order chi connectivity index (χ0) is 33.6. The first-order chi connectivity index (χ1) is 21.1. The summed E-state index contributed by atoms with van der Waals surface area (Å²) in [5.74, 6) is -1.87. The van der Waals surface area contributed by atoms with Gasteiger partial charge in [-0.25, -0.2) is 9.59 Å². The number of amides is 3. The molecule has 0 aromatic rings. The van der Waals surface area contributed by atoms with Gasteiger partial charge in [-0.15, -0.1) is 11.8 Å². The van der Waals surface area contributed by atoms with Gasteiger partial charge in [0.15, 0.2) is 0 Å². The molecule has 12 nitrogen and oxygen atoms in total. The highest BCUT2D eigenvalue weighted by Crippen LogP contribution is 2.59. The molecule has 1 aliphatic carbocycles. The van der Waals surface area contributed by atoms with Gasteiger partial charge >= 0.3 is 12.1 Å². The molecule has 2 aliphatic heterocycles. The summed E-state index contributed by atoms with van der Waals surface area (Å²) < 4.78 is 28.5. The van der Waals surface area contributed by atoms with Crippen LogP contribution in [0, 0.1) is 11.3 Å². The number of epoxide rings is 2. The van der Waals surface area contributed by atoms with Crippen molar-refractivity contribution in [1.82, 2.24) is 10.6 Å². The molecule has 0 radical (unpaired) electrons. The number of allylic oxidation sites excluding steroid dienone is 1. The van der Waals surface area contributed by atoms with Gasteiger partial charge in [-0.05, 0) is 46.5 Å². The summed E-state index contributed by atoms with van der Waals surface area (Å²) in [7, 11) is 2.78. The maximum absolute atomic E-state index is 12.7. The molecule has 1 spiro atoms. The predicted molar refractivity (Wildman–Crippen MR) is 168 cm³/mol. The van der Waals surface area contributed by atoms with Crippen molar-refractivity contribution in [2.75, 3.05) is 32.3 Å². The number of rotatable bonds is 15. The Kier molecular flexibility index (Phi) is 12.7. The summed E-state index contributed by atoms with van der Waals surface area (Å²) in [6, 6.07) is -0.990. The van der Waals surface area contributed by atoms with Crippen LogP contribution in [0.2, 0.25) is 0 Å². The highest BCUT2D eigenvalue weighted by Gasteiger charge is 2.72. The first-order valence-electron chi connectivity index (χ1n) is 15.5. The maximum atomic E-state index is 12.7. The molecular weight excluding hydrogens is 604 g/mol. The minimum absolute atomic E-state index is 0.0126. The average Bonchev–Trinajstić information content (AvgIpc) is 3.87. The summed E-state index contributed by atoms with van der Waals surface area (Å²) >= 11 is 1.06. The third kappa shape index (κ3) is 10.0. The molecule has 7 atom stereocenters. The molecule has 0 aromatic carbocycles. The van der Waals surface area contributed by atoms with Crippen molar-refractivity contribution < 1.29 is 47.7 Å². The van der Waals surface area contributed by atoms with E-state index in [4.69, 9.17) is 23.7 Å². The average molecular weight is 655 g/mol. The number of ether oxygens (including phenoxy) is 5. The summed E-state index contributed by atoms with van der Waals surface area (Å²) in [6.45, 7) is 12.2. The van der Waals surface area contributed by atoms with Crippen molar-refractivity contribution in [1.29, 1.82) is 0 Å². The lowest BCUT2D eigenvalue weighted by Crippen LogP contribution is -2.56. The fourth-order valence-electron chi connectivity index (χ4n) is 6.02. The number of esters is 1. The second-order valence-electron chi connectivity index (χ2n) is 13.6. The van der Waals surface area contributed by atoms with Gasteiger partial charge in [0.2, 0.25) is 11.8 Å². The minimum atomic E-state index is -0.990. The fourth-order valence-corrected chi connectivity index (χ4v) is 6.85. The van der Waals surface area contributed by atoms with E-state index in [1.807, 2.05) is 34.6 Å². The van der Waals surface area contributed by atoms with E-state index in [-0.39, 0.29) is 47.8 Å². The number of carbonyl (C=O) groups is 5. The maximum Gasteiger partial charge on any atom is 0.414 e. The number of hydrogen-bond acceptors (Lipinski definition) is 11. The molecule has 1 saturated carbocycles. The quantitative estimate of drug-likeness (QED) is 0.151. The molecule has 45 heavy (non-hydrogen) atoms. The van der Waals surface area contributed by atoms with Crippen molar-refractivity contribution in [2.24, 2.45) is 11.3 Å². The molecule has 3 fully saturated rings. The van der Waals surface area contributed by atoms with Crippen molar-refractivity contribution >= 4 is 41.4 Å². The summed E-state index contributed by atoms with van der Waals surface area (Å²) in [5.41, 5.74) is -0.118. The van der Waals surface area contributed by atoms with E-state index in [1.165, 1.54) is 12.7 Å².